The molecule has 25 heavy (non-hydrogen) atoms. The SMILES string of the molecule is Cc1ccc(CN(C(=O)CC(N)c2ccccc2)C2CC2)cc1C.Cl. The summed E-state index contributed by atoms with van der Waals surface area (Å²) in [6.45, 7) is 4.92. The van der Waals surface area contributed by atoms with E-state index in [-0.39, 0.29) is 24.4 Å². The van der Waals surface area contributed by atoms with Crippen LogP contribution in [0.3, 0.4) is 0 Å². The zero-order valence-electron chi connectivity index (χ0n) is 14.9. The molecule has 2 N–H and O–H groups in total. The van der Waals surface area contributed by atoms with Crippen molar-refractivity contribution in [1.82, 2.24) is 4.90 Å². The first-order valence-electron chi connectivity index (χ1n) is 8.70. The van der Waals surface area contributed by atoms with Crippen LogP contribution in [0.15, 0.2) is 48.5 Å². The fourth-order valence-corrected chi connectivity index (χ4v) is 3.03. The Morgan fingerprint density at radius 2 is 1.80 bits per heavy atom. The normalized spacial score (nSPS) is 14.5. The van der Waals surface area contributed by atoms with Crippen molar-refractivity contribution >= 4 is 18.3 Å². The van der Waals surface area contributed by atoms with E-state index < -0.39 is 0 Å². The van der Waals surface area contributed by atoms with Crippen molar-refractivity contribution in [3.63, 3.8) is 0 Å². The van der Waals surface area contributed by atoms with Gasteiger partial charge in [-0.1, -0.05) is 48.5 Å². The van der Waals surface area contributed by atoms with Gasteiger partial charge in [0.25, 0.3) is 0 Å². The number of carbonyl (C=O) groups excluding carboxylic acids is 1. The Morgan fingerprint density at radius 3 is 2.40 bits per heavy atom. The minimum absolute atomic E-state index is 0. The summed E-state index contributed by atoms with van der Waals surface area (Å²) in [7, 11) is 0. The molecule has 0 heterocycles. The zero-order chi connectivity index (χ0) is 17.1. The number of rotatable bonds is 6. The van der Waals surface area contributed by atoms with E-state index >= 15 is 0 Å². The van der Waals surface area contributed by atoms with E-state index in [1.165, 1.54) is 16.7 Å². The van der Waals surface area contributed by atoms with Gasteiger partial charge >= 0.3 is 0 Å². The lowest BCUT2D eigenvalue weighted by atomic mass is 10.0. The Labute approximate surface area is 156 Å². The van der Waals surface area contributed by atoms with Crippen LogP contribution in [0, 0.1) is 13.8 Å². The van der Waals surface area contributed by atoms with E-state index in [1.807, 2.05) is 35.2 Å². The summed E-state index contributed by atoms with van der Waals surface area (Å²) in [5, 5.41) is 0. The maximum Gasteiger partial charge on any atom is 0.225 e. The fourth-order valence-electron chi connectivity index (χ4n) is 3.03. The average molecular weight is 359 g/mol. The molecule has 0 radical (unpaired) electrons. The maximum atomic E-state index is 12.8. The molecule has 134 valence electrons. The van der Waals surface area contributed by atoms with E-state index in [0.29, 0.717) is 19.0 Å². The van der Waals surface area contributed by atoms with Crippen LogP contribution < -0.4 is 5.73 Å². The molecule has 3 rings (SSSR count). The molecule has 1 atom stereocenters. The monoisotopic (exact) mass is 358 g/mol. The minimum Gasteiger partial charge on any atom is -0.335 e. The van der Waals surface area contributed by atoms with Gasteiger partial charge in [-0.2, -0.15) is 0 Å². The molecule has 1 unspecified atom stereocenters. The molecule has 0 aromatic heterocycles. The van der Waals surface area contributed by atoms with Crippen LogP contribution in [0.1, 0.15) is 47.6 Å². The topological polar surface area (TPSA) is 46.3 Å². The number of carbonyl (C=O) groups is 1. The van der Waals surface area contributed by atoms with Crippen LogP contribution in [0.5, 0.6) is 0 Å². The summed E-state index contributed by atoms with van der Waals surface area (Å²) in [6.07, 6.45) is 2.58. The molecule has 1 aliphatic rings. The molecule has 1 fully saturated rings. The molecule has 4 heteroatoms. The third-order valence-corrected chi connectivity index (χ3v) is 4.85. The van der Waals surface area contributed by atoms with Gasteiger partial charge in [-0.15, -0.1) is 12.4 Å². The number of hydrogen-bond acceptors (Lipinski definition) is 2. The molecule has 1 amide bonds. The summed E-state index contributed by atoms with van der Waals surface area (Å²) in [5.74, 6) is 0.159. The van der Waals surface area contributed by atoms with Crippen LogP contribution in [-0.4, -0.2) is 16.8 Å². The molecule has 0 bridgehead atoms. The summed E-state index contributed by atoms with van der Waals surface area (Å²) in [6, 6.07) is 16.5. The predicted molar refractivity (Wildman–Crippen MR) is 105 cm³/mol. The quantitative estimate of drug-likeness (QED) is 0.836. The van der Waals surface area contributed by atoms with Crippen LogP contribution in [0.25, 0.3) is 0 Å². The first-order valence-corrected chi connectivity index (χ1v) is 8.70. The van der Waals surface area contributed by atoms with Crippen LogP contribution in [0.4, 0.5) is 0 Å². The Bertz CT molecular complexity index is 713. The van der Waals surface area contributed by atoms with Gasteiger partial charge in [-0.25, -0.2) is 0 Å². The number of halogens is 1. The highest BCUT2D eigenvalue weighted by Gasteiger charge is 2.33. The van der Waals surface area contributed by atoms with E-state index in [1.54, 1.807) is 0 Å². The molecular weight excluding hydrogens is 332 g/mol. The van der Waals surface area contributed by atoms with Gasteiger partial charge in [-0.05, 0) is 48.9 Å². The van der Waals surface area contributed by atoms with Gasteiger partial charge < -0.3 is 10.6 Å². The Kier molecular flexibility index (Phi) is 6.63. The smallest absolute Gasteiger partial charge is 0.225 e. The minimum atomic E-state index is -0.236. The fraction of sp³-hybridized carbons (Fsp3) is 0.381. The van der Waals surface area contributed by atoms with Crippen LogP contribution >= 0.6 is 12.4 Å². The van der Waals surface area contributed by atoms with Crippen LogP contribution in [0.2, 0.25) is 0 Å². The summed E-state index contributed by atoms with van der Waals surface area (Å²) < 4.78 is 0. The maximum absolute atomic E-state index is 12.8. The number of nitrogens with zero attached hydrogens (tertiary/aromatic N) is 1. The highest BCUT2D eigenvalue weighted by Crippen LogP contribution is 2.30. The first-order chi connectivity index (χ1) is 11.5. The van der Waals surface area contributed by atoms with Gasteiger partial charge in [0.1, 0.15) is 0 Å². The number of hydrogen-bond donors (Lipinski definition) is 1. The summed E-state index contributed by atoms with van der Waals surface area (Å²) in [4.78, 5) is 14.8. The Balaban J connectivity index is 0.00000225. The Morgan fingerprint density at radius 1 is 1.12 bits per heavy atom. The lowest BCUT2D eigenvalue weighted by molar-refractivity contribution is -0.132. The lowest BCUT2D eigenvalue weighted by Crippen LogP contribution is -2.34. The van der Waals surface area contributed by atoms with Gasteiger partial charge in [0.2, 0.25) is 5.91 Å². The highest BCUT2D eigenvalue weighted by molar-refractivity contribution is 5.85. The molecule has 2 aromatic carbocycles. The third kappa shape index (κ3) is 5.07. The van der Waals surface area contributed by atoms with Gasteiger partial charge in [-0.3, -0.25) is 4.79 Å². The van der Waals surface area contributed by atoms with Crippen molar-refractivity contribution < 1.29 is 4.79 Å². The zero-order valence-corrected chi connectivity index (χ0v) is 15.8. The third-order valence-electron chi connectivity index (χ3n) is 4.85. The summed E-state index contributed by atoms with van der Waals surface area (Å²) >= 11 is 0. The van der Waals surface area contributed by atoms with Gasteiger partial charge in [0, 0.05) is 25.0 Å². The molecule has 2 aromatic rings. The predicted octanol–water partition coefficient (Wildman–Crippen LogP) is 4.31. The summed E-state index contributed by atoms with van der Waals surface area (Å²) in [5.41, 5.74) is 11.0. The second kappa shape index (κ2) is 8.50. The van der Waals surface area contributed by atoms with E-state index in [0.717, 1.165) is 18.4 Å². The second-order valence-electron chi connectivity index (χ2n) is 6.89. The van der Waals surface area contributed by atoms with Gasteiger partial charge in [0.05, 0.1) is 0 Å². The number of aryl methyl sites for hydroxylation is 2. The molecule has 1 saturated carbocycles. The van der Waals surface area contributed by atoms with E-state index in [2.05, 4.69) is 32.0 Å². The first kappa shape index (κ1) is 19.5. The van der Waals surface area contributed by atoms with Crippen LogP contribution in [-0.2, 0) is 11.3 Å². The lowest BCUT2D eigenvalue weighted by Gasteiger charge is -2.25. The van der Waals surface area contributed by atoms with E-state index in [4.69, 9.17) is 5.73 Å². The Hall–Kier alpha value is -1.84. The molecule has 0 saturated heterocycles. The van der Waals surface area contributed by atoms with Crippen molar-refractivity contribution in [2.45, 2.75) is 51.7 Å². The average Bonchev–Trinajstić information content (AvgIpc) is 3.41. The van der Waals surface area contributed by atoms with Crippen molar-refractivity contribution in [2.75, 3.05) is 0 Å². The molecular formula is C21H27ClN2O. The van der Waals surface area contributed by atoms with Gasteiger partial charge in [0.15, 0.2) is 0 Å². The number of amides is 1. The van der Waals surface area contributed by atoms with E-state index in [9.17, 15) is 4.79 Å². The molecule has 0 spiro atoms. The second-order valence-corrected chi connectivity index (χ2v) is 6.89. The largest absolute Gasteiger partial charge is 0.335 e. The molecule has 0 aliphatic heterocycles. The standard InChI is InChI=1S/C21H26N2O.ClH/c1-15-8-9-17(12-16(15)2)14-23(19-10-11-19)21(24)13-20(22)18-6-4-3-5-7-18;/h3-9,12,19-20H,10-11,13-14,22H2,1-2H3;1H. The molecule has 3 nitrogen and oxygen atoms in total. The van der Waals surface area contributed by atoms with Crippen molar-refractivity contribution in [2.24, 2.45) is 5.73 Å². The van der Waals surface area contributed by atoms with Crippen molar-refractivity contribution in [3.05, 3.63) is 70.8 Å². The van der Waals surface area contributed by atoms with Crippen molar-refractivity contribution in [1.29, 1.82) is 0 Å². The number of nitrogens with two attached hydrogens (primary N) is 1. The highest BCUT2D eigenvalue weighted by atomic mass is 35.5. The van der Waals surface area contributed by atoms with Crippen molar-refractivity contribution in [3.8, 4) is 0 Å². The number of benzene rings is 2. The molecule has 1 aliphatic carbocycles.